The second-order valence-corrected chi connectivity index (χ2v) is 6.18. The average Bonchev–Trinajstić information content (AvgIpc) is 2.87. The van der Waals surface area contributed by atoms with Gasteiger partial charge in [0.1, 0.15) is 0 Å². The number of rotatable bonds is 1. The van der Waals surface area contributed by atoms with Crippen LogP contribution in [0.15, 0.2) is 12.1 Å². The number of carbonyl (C=O) groups is 1. The van der Waals surface area contributed by atoms with Gasteiger partial charge in [0.2, 0.25) is 0 Å². The van der Waals surface area contributed by atoms with E-state index >= 15 is 0 Å². The summed E-state index contributed by atoms with van der Waals surface area (Å²) < 4.78 is 80.9. The van der Waals surface area contributed by atoms with Crippen molar-refractivity contribution in [1.29, 1.82) is 0 Å². The molecule has 1 unspecified atom stereocenters. The van der Waals surface area contributed by atoms with E-state index in [2.05, 4.69) is 0 Å². The highest BCUT2D eigenvalue weighted by atomic mass is 16.5. The second-order valence-electron chi connectivity index (χ2n) is 6.18. The summed E-state index contributed by atoms with van der Waals surface area (Å²) in [5.41, 5.74) is -1.77. The summed E-state index contributed by atoms with van der Waals surface area (Å²) in [6, 6.07) is -2.08. The molecular formula is C18H21NO3. The largest absolute Gasteiger partial charge is 0.493 e. The summed E-state index contributed by atoms with van der Waals surface area (Å²) in [6.07, 6.45) is -7.90. The summed E-state index contributed by atoms with van der Waals surface area (Å²) in [7, 11) is 2.87. The monoisotopic (exact) mass is 307 g/mol. The summed E-state index contributed by atoms with van der Waals surface area (Å²) >= 11 is 0. The number of likely N-dealkylation sites (tertiary alicyclic amines) is 1. The SMILES string of the molecule is [2H]c1c([2H])c2c3c(c1OC)OC1([2H])C(=O)C([2H])([2H])C[C@@]4([2H])[C@H](N(C)CC[C@]314)C2([2H])[2H]. The normalized spacial score (nSPS) is 55.0. The lowest BCUT2D eigenvalue weighted by Gasteiger charge is -2.57. The van der Waals surface area contributed by atoms with E-state index in [1.165, 1.54) is 7.11 Å². The number of benzene rings is 1. The Morgan fingerprint density at radius 2 is 2.45 bits per heavy atom. The molecule has 2 heterocycles. The minimum Gasteiger partial charge on any atom is -0.493 e. The lowest BCUT2D eigenvalue weighted by molar-refractivity contribution is -0.138. The van der Waals surface area contributed by atoms with E-state index in [9.17, 15) is 6.17 Å². The number of hydrogen-bond donors (Lipinski definition) is 0. The zero-order valence-corrected chi connectivity index (χ0v) is 12.4. The van der Waals surface area contributed by atoms with Crippen LogP contribution in [0.4, 0.5) is 0 Å². The van der Waals surface area contributed by atoms with Crippen molar-refractivity contribution >= 4 is 5.78 Å². The average molecular weight is 307 g/mol. The van der Waals surface area contributed by atoms with Crippen LogP contribution < -0.4 is 9.47 Å². The van der Waals surface area contributed by atoms with Gasteiger partial charge in [0, 0.05) is 30.2 Å². The molecule has 2 bridgehead atoms. The van der Waals surface area contributed by atoms with Crippen molar-refractivity contribution in [2.45, 2.75) is 43.1 Å². The molecule has 4 heteroatoms. The van der Waals surface area contributed by atoms with Gasteiger partial charge in [-0.15, -0.1) is 0 Å². The van der Waals surface area contributed by atoms with E-state index in [-0.39, 0.29) is 35.6 Å². The van der Waals surface area contributed by atoms with Crippen LogP contribution in [-0.2, 0) is 16.6 Å². The number of hydrogen-bond acceptors (Lipinski definition) is 4. The summed E-state index contributed by atoms with van der Waals surface area (Å²) in [4.78, 5) is 14.8. The molecule has 22 heavy (non-hydrogen) atoms. The van der Waals surface area contributed by atoms with Crippen LogP contribution in [0.3, 0.4) is 0 Å². The Morgan fingerprint density at radius 3 is 3.27 bits per heavy atom. The number of likely N-dealkylation sites (N-methyl/N-ethyl adjacent to an activating group) is 1. The first-order valence-electron chi connectivity index (χ1n) is 11.4. The molecule has 1 spiro atoms. The third kappa shape index (κ3) is 1.27. The molecule has 1 saturated carbocycles. The highest BCUT2D eigenvalue weighted by Crippen LogP contribution is 2.62. The number of piperidine rings is 1. The van der Waals surface area contributed by atoms with Crippen molar-refractivity contribution < 1.29 is 25.2 Å². The van der Waals surface area contributed by atoms with Gasteiger partial charge in [0.05, 0.1) is 11.2 Å². The summed E-state index contributed by atoms with van der Waals surface area (Å²) in [5, 5.41) is 0. The molecule has 2 aliphatic carbocycles. The topological polar surface area (TPSA) is 38.8 Å². The zero-order valence-electron chi connectivity index (χ0n) is 20.4. The lowest BCUT2D eigenvalue weighted by Crippen LogP contribution is -2.65. The molecule has 4 atom stereocenters. The van der Waals surface area contributed by atoms with Crippen LogP contribution >= 0.6 is 0 Å². The smallest absolute Gasteiger partial charge is 0.174 e. The van der Waals surface area contributed by atoms with Crippen molar-refractivity contribution in [1.82, 2.24) is 4.90 Å². The van der Waals surface area contributed by atoms with Crippen molar-refractivity contribution in [3.8, 4) is 11.5 Å². The molecule has 5 rings (SSSR count). The van der Waals surface area contributed by atoms with Crippen LogP contribution in [0.2, 0.25) is 0 Å². The van der Waals surface area contributed by atoms with Crippen molar-refractivity contribution in [3.05, 3.63) is 23.2 Å². The third-order valence-electron chi connectivity index (χ3n) is 5.29. The molecule has 2 fully saturated rings. The van der Waals surface area contributed by atoms with Crippen LogP contribution in [0.25, 0.3) is 0 Å². The molecule has 1 aromatic rings. The van der Waals surface area contributed by atoms with Gasteiger partial charge in [-0.3, -0.25) is 4.79 Å². The predicted molar refractivity (Wildman–Crippen MR) is 81.6 cm³/mol. The maximum atomic E-state index is 13.2. The fraction of sp³-hybridized carbons (Fsp3) is 0.611. The maximum absolute atomic E-state index is 13.2. The van der Waals surface area contributed by atoms with E-state index in [0.717, 1.165) is 0 Å². The first kappa shape index (κ1) is 7.35. The molecule has 0 aromatic heterocycles. The Morgan fingerprint density at radius 1 is 1.59 bits per heavy atom. The molecule has 1 saturated heterocycles. The molecule has 0 radical (unpaired) electrons. The molecule has 0 N–H and O–H groups in total. The van der Waals surface area contributed by atoms with Crippen LogP contribution in [-0.4, -0.2) is 43.5 Å². The fourth-order valence-electron chi connectivity index (χ4n) is 4.28. The predicted octanol–water partition coefficient (Wildman–Crippen LogP) is 1.93. The number of nitrogens with zero attached hydrogens (tertiary/aromatic N) is 1. The van der Waals surface area contributed by atoms with Crippen LogP contribution in [0, 0.1) is 5.89 Å². The number of ether oxygens (including phenoxy) is 2. The maximum Gasteiger partial charge on any atom is 0.174 e. The third-order valence-corrected chi connectivity index (χ3v) is 5.29. The molecule has 4 aliphatic rings. The highest BCUT2D eigenvalue weighted by molar-refractivity contribution is 5.89. The Kier molecular flexibility index (Phi) is 1.35. The molecule has 1 aromatic carbocycles. The van der Waals surface area contributed by atoms with E-state index in [1.807, 2.05) is 0 Å². The van der Waals surface area contributed by atoms with Crippen molar-refractivity contribution in [2.24, 2.45) is 5.89 Å². The van der Waals surface area contributed by atoms with Gasteiger partial charge in [0.25, 0.3) is 0 Å². The molecule has 0 amide bonds. The van der Waals surface area contributed by atoms with Gasteiger partial charge in [-0.25, -0.2) is 0 Å². The number of carbonyl (C=O) groups excluding carboxylic acids is 1. The van der Waals surface area contributed by atoms with Gasteiger partial charge >= 0.3 is 0 Å². The molecule has 116 valence electrons. The first-order valence-corrected chi connectivity index (χ1v) is 7.38. The fourth-order valence-corrected chi connectivity index (χ4v) is 4.28. The number of ketones is 1. The van der Waals surface area contributed by atoms with Gasteiger partial charge in [-0.2, -0.15) is 0 Å². The summed E-state index contributed by atoms with van der Waals surface area (Å²) in [6.45, 7) is 0.266. The standard InChI is InChI=1S/C18H21NO3/c1-19-8-7-18-11-4-5-13(20)17(18)22-16-14(21-2)6-3-10(15(16)18)9-12(11)19/h3,6,11-12,17H,4-5,7-9H2,1-2H3/t11-,12+,17?,18-/m0/s1/i3D,5D2,6D,9D2,11D,17D. The van der Waals surface area contributed by atoms with Crippen molar-refractivity contribution in [3.63, 3.8) is 0 Å². The lowest BCUT2D eigenvalue weighted by atomic mass is 9.52. The van der Waals surface area contributed by atoms with E-state index in [1.54, 1.807) is 11.9 Å². The minimum atomic E-state index is -2.57. The van der Waals surface area contributed by atoms with E-state index < -0.39 is 60.5 Å². The minimum absolute atomic E-state index is 0.0588. The van der Waals surface area contributed by atoms with E-state index in [0.29, 0.717) is 0 Å². The van der Waals surface area contributed by atoms with Crippen molar-refractivity contribution in [2.75, 3.05) is 20.7 Å². The van der Waals surface area contributed by atoms with Crippen LogP contribution in [0.1, 0.15) is 41.3 Å². The highest BCUT2D eigenvalue weighted by Gasteiger charge is 2.65. The molecule has 2 aliphatic heterocycles. The van der Waals surface area contributed by atoms with E-state index in [4.69, 9.17) is 19.1 Å². The quantitative estimate of drug-likeness (QED) is 0.795. The number of Topliss-reactive ketones (excluding diaryl/α,β-unsaturated/α-hetero) is 1. The second kappa shape index (κ2) is 4.05. The Hall–Kier alpha value is -1.55. The van der Waals surface area contributed by atoms with Crippen LogP contribution in [0.5, 0.6) is 11.5 Å². The molecular weight excluding hydrogens is 278 g/mol. The Balaban J connectivity index is 2.02. The Labute approximate surface area is 141 Å². The van der Waals surface area contributed by atoms with Gasteiger partial charge in [0.15, 0.2) is 23.4 Å². The molecule has 4 nitrogen and oxygen atoms in total. The van der Waals surface area contributed by atoms with Gasteiger partial charge in [-0.1, -0.05) is 6.04 Å². The number of methoxy groups -OCH3 is 1. The zero-order chi connectivity index (χ0) is 22.2. The van der Waals surface area contributed by atoms with Gasteiger partial charge in [-0.05, 0) is 50.3 Å². The summed E-state index contributed by atoms with van der Waals surface area (Å²) in [5.74, 6) is -3.41. The first-order chi connectivity index (χ1) is 13.7. The Bertz CT molecular complexity index is 1030. The van der Waals surface area contributed by atoms with Gasteiger partial charge < -0.3 is 14.4 Å².